The molecule has 1 saturated carbocycles. The minimum Gasteiger partial charge on any atom is -0.314 e. The van der Waals surface area contributed by atoms with E-state index in [0.29, 0.717) is 0 Å². The molecule has 0 aromatic rings. The Bertz CT molecular complexity index is 174. The highest BCUT2D eigenvalue weighted by Gasteiger charge is 2.31. The standard InChI is InChI=1S/C12H24N2S/c1-15-10-2-7-13-11-5-8-14(9-6-11)12-3-4-12/h11-13H,2-10H2,1H3. The van der Waals surface area contributed by atoms with E-state index in [1.165, 1.54) is 57.5 Å². The normalized spacial score (nSPS) is 24.6. The zero-order valence-electron chi connectivity index (χ0n) is 9.87. The summed E-state index contributed by atoms with van der Waals surface area (Å²) in [4.78, 5) is 2.69. The van der Waals surface area contributed by atoms with E-state index in [0.717, 1.165) is 12.1 Å². The number of likely N-dealkylation sites (tertiary alicyclic amines) is 1. The van der Waals surface area contributed by atoms with Crippen LogP contribution in [0.2, 0.25) is 0 Å². The fraction of sp³-hybridized carbons (Fsp3) is 1.00. The molecule has 1 N–H and O–H groups in total. The first kappa shape index (κ1) is 11.7. The number of hydrogen-bond donors (Lipinski definition) is 1. The summed E-state index contributed by atoms with van der Waals surface area (Å²) in [6.45, 7) is 3.89. The molecule has 0 spiro atoms. The average Bonchev–Trinajstić information content (AvgIpc) is 3.09. The molecular formula is C12H24N2S. The van der Waals surface area contributed by atoms with Gasteiger partial charge >= 0.3 is 0 Å². The number of nitrogens with zero attached hydrogens (tertiary/aromatic N) is 1. The molecule has 88 valence electrons. The molecule has 0 bridgehead atoms. The third kappa shape index (κ3) is 3.97. The lowest BCUT2D eigenvalue weighted by Gasteiger charge is -2.32. The number of piperidine rings is 1. The first-order valence-corrected chi connectivity index (χ1v) is 7.76. The molecule has 2 rings (SSSR count). The molecule has 1 aliphatic carbocycles. The summed E-state index contributed by atoms with van der Waals surface area (Å²) in [7, 11) is 0. The molecule has 3 heteroatoms. The molecule has 0 unspecified atom stereocenters. The van der Waals surface area contributed by atoms with E-state index in [-0.39, 0.29) is 0 Å². The second-order valence-corrected chi connectivity index (χ2v) is 5.83. The summed E-state index contributed by atoms with van der Waals surface area (Å²) in [6.07, 6.45) is 9.18. The van der Waals surface area contributed by atoms with E-state index >= 15 is 0 Å². The van der Waals surface area contributed by atoms with E-state index in [4.69, 9.17) is 0 Å². The largest absolute Gasteiger partial charge is 0.314 e. The van der Waals surface area contributed by atoms with Crippen LogP contribution in [0.25, 0.3) is 0 Å². The van der Waals surface area contributed by atoms with Crippen LogP contribution in [-0.2, 0) is 0 Å². The second kappa shape index (κ2) is 6.12. The van der Waals surface area contributed by atoms with Gasteiger partial charge in [0.05, 0.1) is 0 Å². The van der Waals surface area contributed by atoms with Gasteiger partial charge in [-0.3, -0.25) is 0 Å². The van der Waals surface area contributed by atoms with Gasteiger partial charge in [0, 0.05) is 12.1 Å². The molecule has 1 saturated heterocycles. The van der Waals surface area contributed by atoms with Crippen molar-refractivity contribution in [1.82, 2.24) is 10.2 Å². The van der Waals surface area contributed by atoms with Gasteiger partial charge in [0.15, 0.2) is 0 Å². The highest BCUT2D eigenvalue weighted by molar-refractivity contribution is 7.98. The summed E-state index contributed by atoms with van der Waals surface area (Å²) in [5.41, 5.74) is 0. The molecule has 15 heavy (non-hydrogen) atoms. The van der Waals surface area contributed by atoms with Crippen LogP contribution in [0, 0.1) is 0 Å². The van der Waals surface area contributed by atoms with Crippen LogP contribution in [0.15, 0.2) is 0 Å². The van der Waals surface area contributed by atoms with Gasteiger partial charge in [0.2, 0.25) is 0 Å². The number of hydrogen-bond acceptors (Lipinski definition) is 3. The monoisotopic (exact) mass is 228 g/mol. The Morgan fingerprint density at radius 2 is 1.93 bits per heavy atom. The predicted octanol–water partition coefficient (Wildman–Crippen LogP) is 1.96. The van der Waals surface area contributed by atoms with Crippen LogP contribution in [-0.4, -0.2) is 48.6 Å². The molecule has 0 atom stereocenters. The number of nitrogens with one attached hydrogen (secondary N) is 1. The fourth-order valence-corrected chi connectivity index (χ4v) is 2.86. The van der Waals surface area contributed by atoms with Crippen molar-refractivity contribution in [1.29, 1.82) is 0 Å². The van der Waals surface area contributed by atoms with Gasteiger partial charge < -0.3 is 10.2 Å². The van der Waals surface area contributed by atoms with Gasteiger partial charge in [0.25, 0.3) is 0 Å². The van der Waals surface area contributed by atoms with Crippen molar-refractivity contribution in [2.45, 2.75) is 44.2 Å². The van der Waals surface area contributed by atoms with Crippen LogP contribution < -0.4 is 5.32 Å². The van der Waals surface area contributed by atoms with Gasteiger partial charge in [-0.1, -0.05) is 0 Å². The molecule has 2 fully saturated rings. The van der Waals surface area contributed by atoms with Crippen molar-refractivity contribution in [2.24, 2.45) is 0 Å². The zero-order chi connectivity index (χ0) is 10.5. The Kier molecular flexibility index (Phi) is 4.79. The lowest BCUT2D eigenvalue weighted by atomic mass is 10.0. The molecule has 0 aromatic carbocycles. The predicted molar refractivity (Wildman–Crippen MR) is 68.6 cm³/mol. The molecule has 2 nitrogen and oxygen atoms in total. The summed E-state index contributed by atoms with van der Waals surface area (Å²) in [5.74, 6) is 1.30. The minimum atomic E-state index is 0.807. The first-order chi connectivity index (χ1) is 7.40. The summed E-state index contributed by atoms with van der Waals surface area (Å²) in [6, 6.07) is 1.78. The number of rotatable bonds is 6. The Hall–Kier alpha value is 0.270. The van der Waals surface area contributed by atoms with Gasteiger partial charge in [-0.15, -0.1) is 0 Å². The maximum Gasteiger partial charge on any atom is 0.00964 e. The lowest BCUT2D eigenvalue weighted by molar-refractivity contribution is 0.190. The molecule has 2 aliphatic rings. The topological polar surface area (TPSA) is 15.3 Å². The highest BCUT2D eigenvalue weighted by Crippen LogP contribution is 2.29. The van der Waals surface area contributed by atoms with Gasteiger partial charge in [-0.05, 0) is 63.7 Å². The van der Waals surface area contributed by atoms with Crippen LogP contribution in [0.1, 0.15) is 32.1 Å². The van der Waals surface area contributed by atoms with Crippen LogP contribution in [0.4, 0.5) is 0 Å². The molecule has 0 amide bonds. The van der Waals surface area contributed by atoms with Crippen LogP contribution in [0.5, 0.6) is 0 Å². The van der Waals surface area contributed by atoms with Crippen molar-refractivity contribution >= 4 is 11.8 Å². The maximum atomic E-state index is 3.70. The van der Waals surface area contributed by atoms with E-state index in [1.54, 1.807) is 0 Å². The Balaban J connectivity index is 1.53. The summed E-state index contributed by atoms with van der Waals surface area (Å²) < 4.78 is 0. The molecule has 0 aromatic heterocycles. The summed E-state index contributed by atoms with van der Waals surface area (Å²) >= 11 is 1.95. The van der Waals surface area contributed by atoms with Crippen molar-refractivity contribution in [3.8, 4) is 0 Å². The van der Waals surface area contributed by atoms with Crippen molar-refractivity contribution in [3.63, 3.8) is 0 Å². The van der Waals surface area contributed by atoms with Crippen LogP contribution >= 0.6 is 11.8 Å². The van der Waals surface area contributed by atoms with Gasteiger partial charge in [-0.25, -0.2) is 0 Å². The van der Waals surface area contributed by atoms with E-state index in [1.807, 2.05) is 11.8 Å². The average molecular weight is 228 g/mol. The first-order valence-electron chi connectivity index (χ1n) is 6.36. The van der Waals surface area contributed by atoms with Crippen molar-refractivity contribution < 1.29 is 0 Å². The van der Waals surface area contributed by atoms with Gasteiger partial charge in [-0.2, -0.15) is 11.8 Å². The maximum absolute atomic E-state index is 3.70. The minimum absolute atomic E-state index is 0.807. The molecule has 1 aliphatic heterocycles. The van der Waals surface area contributed by atoms with Crippen LogP contribution in [0.3, 0.4) is 0 Å². The highest BCUT2D eigenvalue weighted by atomic mass is 32.2. The third-order valence-corrected chi connectivity index (χ3v) is 4.25. The molecule has 1 heterocycles. The van der Waals surface area contributed by atoms with Crippen molar-refractivity contribution in [2.75, 3.05) is 31.6 Å². The SMILES string of the molecule is CSCCCNC1CCN(C2CC2)CC1. The summed E-state index contributed by atoms with van der Waals surface area (Å²) in [5, 5.41) is 3.70. The fourth-order valence-electron chi connectivity index (χ4n) is 2.43. The molecule has 0 radical (unpaired) electrons. The number of thioether (sulfide) groups is 1. The Labute approximate surface area is 98.2 Å². The Morgan fingerprint density at radius 1 is 1.20 bits per heavy atom. The third-order valence-electron chi connectivity index (χ3n) is 3.55. The molecular weight excluding hydrogens is 204 g/mol. The van der Waals surface area contributed by atoms with E-state index in [2.05, 4.69) is 16.5 Å². The zero-order valence-corrected chi connectivity index (χ0v) is 10.7. The second-order valence-electron chi connectivity index (χ2n) is 4.84. The smallest absolute Gasteiger partial charge is 0.00964 e. The quantitative estimate of drug-likeness (QED) is 0.700. The van der Waals surface area contributed by atoms with Crippen molar-refractivity contribution in [3.05, 3.63) is 0 Å². The van der Waals surface area contributed by atoms with E-state index < -0.39 is 0 Å². The Morgan fingerprint density at radius 3 is 2.53 bits per heavy atom. The van der Waals surface area contributed by atoms with E-state index in [9.17, 15) is 0 Å². The lowest BCUT2D eigenvalue weighted by Crippen LogP contribution is -2.43. The van der Waals surface area contributed by atoms with Gasteiger partial charge in [0.1, 0.15) is 0 Å².